The largest absolute Gasteiger partial charge is 0.481 e. The van der Waals surface area contributed by atoms with E-state index in [1.54, 1.807) is 0 Å². The Hall–Kier alpha value is -0.610. The number of carboxylic acids is 1. The molecular formula is C10H19NO3. The quantitative estimate of drug-likeness (QED) is 0.588. The second kappa shape index (κ2) is 5.32. The summed E-state index contributed by atoms with van der Waals surface area (Å²) in [4.78, 5) is 10.3. The van der Waals surface area contributed by atoms with Crippen molar-refractivity contribution in [3.8, 4) is 0 Å². The molecule has 1 aliphatic rings. The van der Waals surface area contributed by atoms with Gasteiger partial charge >= 0.3 is 5.97 Å². The van der Waals surface area contributed by atoms with Crippen LogP contribution in [0.1, 0.15) is 32.6 Å². The summed E-state index contributed by atoms with van der Waals surface area (Å²) in [6, 6.07) is 0.254. The van der Waals surface area contributed by atoms with E-state index in [4.69, 9.17) is 10.2 Å². The van der Waals surface area contributed by atoms with Crippen molar-refractivity contribution in [1.29, 1.82) is 0 Å². The van der Waals surface area contributed by atoms with E-state index in [2.05, 4.69) is 5.32 Å². The van der Waals surface area contributed by atoms with E-state index in [1.807, 2.05) is 6.92 Å². The molecule has 1 aliphatic carbocycles. The summed E-state index contributed by atoms with van der Waals surface area (Å²) < 4.78 is 0. The lowest BCUT2D eigenvalue weighted by molar-refractivity contribution is -0.137. The molecule has 0 spiro atoms. The van der Waals surface area contributed by atoms with Crippen LogP contribution in [0.25, 0.3) is 0 Å². The number of hydrogen-bond donors (Lipinski definition) is 3. The molecule has 0 amide bonds. The van der Waals surface area contributed by atoms with E-state index in [9.17, 15) is 4.79 Å². The molecule has 0 heterocycles. The fourth-order valence-electron chi connectivity index (χ4n) is 1.68. The van der Waals surface area contributed by atoms with Gasteiger partial charge in [0.2, 0.25) is 0 Å². The van der Waals surface area contributed by atoms with Crippen molar-refractivity contribution < 1.29 is 15.0 Å². The molecule has 4 heteroatoms. The second-order valence-electron chi connectivity index (χ2n) is 4.23. The summed E-state index contributed by atoms with van der Waals surface area (Å²) in [5.74, 6) is -0.157. The fourth-order valence-corrected chi connectivity index (χ4v) is 1.68. The van der Waals surface area contributed by atoms with Crippen molar-refractivity contribution in [3.63, 3.8) is 0 Å². The van der Waals surface area contributed by atoms with Crippen molar-refractivity contribution in [1.82, 2.24) is 5.32 Å². The molecule has 0 aliphatic heterocycles. The van der Waals surface area contributed by atoms with Crippen LogP contribution in [0.5, 0.6) is 0 Å². The molecule has 1 saturated carbocycles. The monoisotopic (exact) mass is 201 g/mol. The molecule has 1 atom stereocenters. The van der Waals surface area contributed by atoms with Gasteiger partial charge in [-0.15, -0.1) is 0 Å². The van der Waals surface area contributed by atoms with Crippen LogP contribution in [0, 0.1) is 5.92 Å². The lowest BCUT2D eigenvalue weighted by atomic mass is 9.82. The zero-order valence-corrected chi connectivity index (χ0v) is 8.57. The van der Waals surface area contributed by atoms with Gasteiger partial charge in [-0.1, -0.05) is 0 Å². The van der Waals surface area contributed by atoms with E-state index in [1.165, 1.54) is 0 Å². The van der Waals surface area contributed by atoms with Crippen molar-refractivity contribution in [2.24, 2.45) is 5.92 Å². The highest BCUT2D eigenvalue weighted by molar-refractivity contribution is 5.66. The zero-order chi connectivity index (χ0) is 10.6. The van der Waals surface area contributed by atoms with Gasteiger partial charge in [0.05, 0.1) is 6.10 Å². The summed E-state index contributed by atoms with van der Waals surface area (Å²) in [6.45, 7) is 2.90. The number of hydrogen-bond acceptors (Lipinski definition) is 3. The zero-order valence-electron chi connectivity index (χ0n) is 8.57. The second-order valence-corrected chi connectivity index (χ2v) is 4.23. The van der Waals surface area contributed by atoms with Crippen LogP contribution in [-0.4, -0.2) is 34.9 Å². The number of carbonyl (C=O) groups is 1. The normalized spacial score (nSPS) is 28.1. The Balaban J connectivity index is 1.98. The van der Waals surface area contributed by atoms with Gasteiger partial charge in [-0.3, -0.25) is 4.79 Å². The Kier molecular flexibility index (Phi) is 4.35. The molecular weight excluding hydrogens is 182 g/mol. The maximum atomic E-state index is 10.3. The van der Waals surface area contributed by atoms with Gasteiger partial charge in [-0.2, -0.15) is 0 Å². The third-order valence-electron chi connectivity index (χ3n) is 2.76. The minimum atomic E-state index is -0.738. The van der Waals surface area contributed by atoms with E-state index >= 15 is 0 Å². The minimum absolute atomic E-state index is 0.101. The van der Waals surface area contributed by atoms with Crippen molar-refractivity contribution >= 4 is 5.97 Å². The van der Waals surface area contributed by atoms with Gasteiger partial charge in [0, 0.05) is 12.5 Å². The van der Waals surface area contributed by atoms with Crippen LogP contribution >= 0.6 is 0 Å². The lowest BCUT2D eigenvalue weighted by Gasteiger charge is -2.32. The molecule has 0 aromatic carbocycles. The Morgan fingerprint density at radius 1 is 1.57 bits per heavy atom. The number of rotatable bonds is 6. The number of nitrogens with one attached hydrogen (secondary N) is 1. The third-order valence-corrected chi connectivity index (χ3v) is 2.76. The van der Waals surface area contributed by atoms with Gasteiger partial charge in [0.1, 0.15) is 0 Å². The average Bonchev–Trinajstić information content (AvgIpc) is 2.07. The van der Waals surface area contributed by atoms with E-state index < -0.39 is 5.97 Å². The number of carboxylic acid groups (broad SMARTS) is 1. The molecule has 1 unspecified atom stereocenters. The first-order chi connectivity index (χ1) is 6.58. The summed E-state index contributed by atoms with van der Waals surface area (Å²) in [6.07, 6.45) is 2.57. The predicted octanol–water partition coefficient (Wildman–Crippen LogP) is 0.600. The van der Waals surface area contributed by atoms with Crippen LogP contribution in [0.4, 0.5) is 0 Å². The summed E-state index contributed by atoms with van der Waals surface area (Å²) in [5.41, 5.74) is 0. The number of aliphatic hydroxyl groups excluding tert-OH is 1. The Bertz CT molecular complexity index is 190. The Labute approximate surface area is 84.3 Å². The topological polar surface area (TPSA) is 69.6 Å². The van der Waals surface area contributed by atoms with Gasteiger partial charge in [0.25, 0.3) is 0 Å². The van der Waals surface area contributed by atoms with Crippen LogP contribution in [0.2, 0.25) is 0 Å². The molecule has 82 valence electrons. The first-order valence-corrected chi connectivity index (χ1v) is 5.21. The average molecular weight is 201 g/mol. The molecule has 4 nitrogen and oxygen atoms in total. The Morgan fingerprint density at radius 3 is 2.71 bits per heavy atom. The number of aliphatic hydroxyl groups is 1. The molecule has 0 bridgehead atoms. The standard InChI is InChI=1S/C10H19NO3/c1-7(2-3-10(13)14)11-6-8-4-9(12)5-8/h7-9,11-12H,2-6H2,1H3,(H,13,14). The SMILES string of the molecule is CC(CCC(=O)O)NCC1CC(O)C1. The smallest absolute Gasteiger partial charge is 0.303 e. The first kappa shape index (κ1) is 11.5. The molecule has 1 rings (SSSR count). The van der Waals surface area contributed by atoms with E-state index in [0.717, 1.165) is 19.4 Å². The summed E-state index contributed by atoms with van der Waals surface area (Å²) in [5, 5.41) is 20.8. The molecule has 0 aromatic heterocycles. The van der Waals surface area contributed by atoms with Crippen LogP contribution < -0.4 is 5.32 Å². The van der Waals surface area contributed by atoms with E-state index in [0.29, 0.717) is 12.3 Å². The molecule has 3 N–H and O–H groups in total. The molecule has 1 fully saturated rings. The van der Waals surface area contributed by atoms with Gasteiger partial charge in [0.15, 0.2) is 0 Å². The molecule has 14 heavy (non-hydrogen) atoms. The maximum Gasteiger partial charge on any atom is 0.303 e. The van der Waals surface area contributed by atoms with E-state index in [-0.39, 0.29) is 18.6 Å². The number of aliphatic carboxylic acids is 1. The summed E-state index contributed by atoms with van der Waals surface area (Å²) >= 11 is 0. The van der Waals surface area contributed by atoms with Crippen LogP contribution in [-0.2, 0) is 4.79 Å². The summed E-state index contributed by atoms with van der Waals surface area (Å²) in [7, 11) is 0. The van der Waals surface area contributed by atoms with Crippen molar-refractivity contribution in [3.05, 3.63) is 0 Å². The van der Waals surface area contributed by atoms with Crippen molar-refractivity contribution in [2.75, 3.05) is 6.54 Å². The van der Waals surface area contributed by atoms with Gasteiger partial charge < -0.3 is 15.5 Å². The highest BCUT2D eigenvalue weighted by atomic mass is 16.4. The first-order valence-electron chi connectivity index (χ1n) is 5.21. The lowest BCUT2D eigenvalue weighted by Crippen LogP contribution is -2.39. The maximum absolute atomic E-state index is 10.3. The molecule has 0 aromatic rings. The van der Waals surface area contributed by atoms with Crippen LogP contribution in [0.15, 0.2) is 0 Å². The molecule has 0 saturated heterocycles. The van der Waals surface area contributed by atoms with Crippen LogP contribution in [0.3, 0.4) is 0 Å². The van der Waals surface area contributed by atoms with Gasteiger partial charge in [-0.05, 0) is 38.6 Å². The predicted molar refractivity (Wildman–Crippen MR) is 53.1 cm³/mol. The third kappa shape index (κ3) is 4.07. The minimum Gasteiger partial charge on any atom is -0.481 e. The highest BCUT2D eigenvalue weighted by Crippen LogP contribution is 2.26. The highest BCUT2D eigenvalue weighted by Gasteiger charge is 2.26. The van der Waals surface area contributed by atoms with Gasteiger partial charge in [-0.25, -0.2) is 0 Å². The molecule has 0 radical (unpaired) electrons. The Morgan fingerprint density at radius 2 is 2.21 bits per heavy atom. The van der Waals surface area contributed by atoms with Crippen molar-refractivity contribution in [2.45, 2.75) is 44.8 Å². The fraction of sp³-hybridized carbons (Fsp3) is 0.900.